The molecule has 0 bridgehead atoms. The van der Waals surface area contributed by atoms with Crippen LogP contribution >= 0.6 is 0 Å². The summed E-state index contributed by atoms with van der Waals surface area (Å²) in [6, 6.07) is 14.7. The van der Waals surface area contributed by atoms with E-state index in [4.69, 9.17) is 4.52 Å². The van der Waals surface area contributed by atoms with E-state index in [2.05, 4.69) is 41.9 Å². The van der Waals surface area contributed by atoms with Crippen molar-refractivity contribution < 1.29 is 8.91 Å². The van der Waals surface area contributed by atoms with Crippen LogP contribution in [0.1, 0.15) is 0 Å². The molecule has 174 valence electrons. The Labute approximate surface area is 201 Å². The molecule has 5 heterocycles. The van der Waals surface area contributed by atoms with Crippen LogP contribution in [0.25, 0.3) is 44.8 Å². The number of hydrogen-bond donors (Lipinski definition) is 0. The highest BCUT2D eigenvalue weighted by molar-refractivity contribution is 5.95. The number of nitrogens with zero attached hydrogens (tertiary/aromatic N) is 7. The first-order chi connectivity index (χ1) is 17.2. The first-order valence-electron chi connectivity index (χ1n) is 11.4. The van der Waals surface area contributed by atoms with Crippen LogP contribution in [0.3, 0.4) is 0 Å². The largest absolute Gasteiger partial charge is 0.324 e. The van der Waals surface area contributed by atoms with Crippen molar-refractivity contribution in [3.8, 4) is 33.8 Å². The molecule has 0 spiro atoms. The summed E-state index contributed by atoms with van der Waals surface area (Å²) in [5.74, 6) is 0.135. The normalized spacial score (nSPS) is 14.5. The fourth-order valence-corrected chi connectivity index (χ4v) is 4.27. The highest BCUT2D eigenvalue weighted by Crippen LogP contribution is 2.33. The summed E-state index contributed by atoms with van der Waals surface area (Å²) < 4.78 is 20.1. The molecular formula is C26H22FN7O. The lowest BCUT2D eigenvalue weighted by Gasteiger charge is -2.30. The Morgan fingerprint density at radius 1 is 0.886 bits per heavy atom. The number of pyridine rings is 3. The zero-order valence-electron chi connectivity index (χ0n) is 19.1. The Hall–Kier alpha value is -4.24. The summed E-state index contributed by atoms with van der Waals surface area (Å²) in [5, 5.41) is 5.04. The van der Waals surface area contributed by atoms with Crippen molar-refractivity contribution in [3.05, 3.63) is 72.9 Å². The summed E-state index contributed by atoms with van der Waals surface area (Å²) in [7, 11) is 2.10. The summed E-state index contributed by atoms with van der Waals surface area (Å²) in [6.07, 6.45) is 5.15. The number of rotatable bonds is 4. The fourth-order valence-electron chi connectivity index (χ4n) is 4.27. The lowest BCUT2D eigenvalue weighted by Crippen LogP contribution is -2.44. The van der Waals surface area contributed by atoms with Gasteiger partial charge < -0.3 is 14.3 Å². The van der Waals surface area contributed by atoms with Crippen LogP contribution in [0.5, 0.6) is 0 Å². The van der Waals surface area contributed by atoms with Crippen LogP contribution in [-0.4, -0.2) is 63.2 Å². The van der Waals surface area contributed by atoms with Crippen LogP contribution in [0.4, 0.5) is 10.4 Å². The molecule has 6 rings (SSSR count). The van der Waals surface area contributed by atoms with E-state index >= 15 is 0 Å². The molecule has 0 N–H and O–H groups in total. The summed E-state index contributed by atoms with van der Waals surface area (Å²) in [4.78, 5) is 22.5. The van der Waals surface area contributed by atoms with Crippen LogP contribution in [0.15, 0.2) is 71.6 Å². The molecule has 1 fully saturated rings. The van der Waals surface area contributed by atoms with Gasteiger partial charge in [-0.25, -0.2) is 14.4 Å². The summed E-state index contributed by atoms with van der Waals surface area (Å²) in [5.41, 5.74) is 3.86. The molecule has 1 saturated heterocycles. The number of halogens is 1. The maximum atomic E-state index is 14.6. The zero-order valence-corrected chi connectivity index (χ0v) is 19.1. The number of piperazine rings is 1. The standard InChI is InChI=1S/C26H22FN7O/c1-33-9-11-34(12-10-33)26-31-24(32-35-26)18-13-17(15-28-16-18)21-14-23(20-5-2-3-7-22(20)27)30-25-19(21)6-4-8-29-25/h2-8,13-16H,9-12H2,1H3. The van der Waals surface area contributed by atoms with Crippen molar-refractivity contribution in [1.82, 2.24) is 30.0 Å². The smallest absolute Gasteiger partial charge is 0.322 e. The SMILES string of the molecule is CN1CCN(c2nc(-c3cncc(-c4cc(-c5ccccc5F)nc5ncccc45)c3)no2)CC1. The minimum Gasteiger partial charge on any atom is -0.322 e. The number of benzene rings is 1. The van der Waals surface area contributed by atoms with E-state index in [0.717, 1.165) is 48.3 Å². The lowest BCUT2D eigenvalue weighted by molar-refractivity contribution is 0.298. The van der Waals surface area contributed by atoms with E-state index in [0.29, 0.717) is 28.7 Å². The molecule has 1 aliphatic heterocycles. The van der Waals surface area contributed by atoms with Gasteiger partial charge in [0.15, 0.2) is 5.65 Å². The molecule has 0 atom stereocenters. The van der Waals surface area contributed by atoms with Crippen LogP contribution in [0, 0.1) is 5.82 Å². The van der Waals surface area contributed by atoms with E-state index in [9.17, 15) is 4.39 Å². The number of aromatic nitrogens is 5. The van der Waals surface area contributed by atoms with Crippen molar-refractivity contribution in [2.75, 3.05) is 38.1 Å². The first kappa shape index (κ1) is 21.3. The molecular weight excluding hydrogens is 445 g/mol. The van der Waals surface area contributed by atoms with Gasteiger partial charge in [0.2, 0.25) is 5.82 Å². The second-order valence-corrected chi connectivity index (χ2v) is 8.56. The van der Waals surface area contributed by atoms with Crippen LogP contribution in [0.2, 0.25) is 0 Å². The molecule has 9 heteroatoms. The molecule has 0 aliphatic carbocycles. The minimum atomic E-state index is -0.337. The predicted molar refractivity (Wildman–Crippen MR) is 131 cm³/mol. The van der Waals surface area contributed by atoms with Crippen molar-refractivity contribution in [1.29, 1.82) is 0 Å². The van der Waals surface area contributed by atoms with Crippen LogP contribution in [-0.2, 0) is 0 Å². The highest BCUT2D eigenvalue weighted by Gasteiger charge is 2.21. The topological polar surface area (TPSA) is 84.1 Å². The minimum absolute atomic E-state index is 0.337. The molecule has 0 saturated carbocycles. The second kappa shape index (κ2) is 8.84. The van der Waals surface area contributed by atoms with Gasteiger partial charge in [-0.15, -0.1) is 0 Å². The van der Waals surface area contributed by atoms with Gasteiger partial charge >= 0.3 is 6.01 Å². The van der Waals surface area contributed by atoms with Crippen molar-refractivity contribution in [3.63, 3.8) is 0 Å². The Kier molecular flexibility index (Phi) is 5.38. The molecule has 0 unspecified atom stereocenters. The zero-order chi connectivity index (χ0) is 23.8. The number of anilines is 1. The fraction of sp³-hybridized carbons (Fsp3) is 0.192. The maximum absolute atomic E-state index is 14.6. The van der Waals surface area contributed by atoms with E-state index in [1.54, 1.807) is 36.8 Å². The highest BCUT2D eigenvalue weighted by atomic mass is 19.1. The average Bonchev–Trinajstić information content (AvgIpc) is 3.39. The van der Waals surface area contributed by atoms with Gasteiger partial charge in [-0.2, -0.15) is 4.98 Å². The van der Waals surface area contributed by atoms with Gasteiger partial charge in [-0.1, -0.05) is 17.3 Å². The van der Waals surface area contributed by atoms with Crippen LogP contribution < -0.4 is 4.90 Å². The molecule has 1 aliphatic rings. The van der Waals surface area contributed by atoms with Gasteiger partial charge in [-0.3, -0.25) is 4.98 Å². The van der Waals surface area contributed by atoms with Gasteiger partial charge in [0.1, 0.15) is 5.82 Å². The molecule has 4 aromatic heterocycles. The monoisotopic (exact) mass is 467 g/mol. The first-order valence-corrected chi connectivity index (χ1v) is 11.4. The number of likely N-dealkylation sites (N-methyl/N-ethyl adjacent to an activating group) is 1. The Bertz CT molecular complexity index is 1510. The molecule has 1 aromatic carbocycles. The average molecular weight is 468 g/mol. The molecule has 5 aromatic rings. The Morgan fingerprint density at radius 3 is 2.57 bits per heavy atom. The lowest BCUT2D eigenvalue weighted by atomic mass is 9.99. The number of fused-ring (bicyclic) bond motifs is 1. The van der Waals surface area contributed by atoms with Gasteiger partial charge in [0.25, 0.3) is 0 Å². The van der Waals surface area contributed by atoms with Crippen molar-refractivity contribution >= 4 is 17.0 Å². The van der Waals surface area contributed by atoms with Gasteiger partial charge in [0, 0.05) is 66.8 Å². The molecule has 0 radical (unpaired) electrons. The van der Waals surface area contributed by atoms with Gasteiger partial charge in [0.05, 0.1) is 5.69 Å². The van der Waals surface area contributed by atoms with E-state index in [1.807, 2.05) is 24.3 Å². The summed E-state index contributed by atoms with van der Waals surface area (Å²) in [6.45, 7) is 3.57. The maximum Gasteiger partial charge on any atom is 0.324 e. The molecule has 35 heavy (non-hydrogen) atoms. The third-order valence-electron chi connectivity index (χ3n) is 6.23. The third kappa shape index (κ3) is 4.10. The molecule has 0 amide bonds. The summed E-state index contributed by atoms with van der Waals surface area (Å²) >= 11 is 0. The molecule has 8 nitrogen and oxygen atoms in total. The quantitative estimate of drug-likeness (QED) is 0.387. The van der Waals surface area contributed by atoms with Crippen molar-refractivity contribution in [2.24, 2.45) is 0 Å². The number of hydrogen-bond acceptors (Lipinski definition) is 8. The second-order valence-electron chi connectivity index (χ2n) is 8.56. The van der Waals surface area contributed by atoms with E-state index in [-0.39, 0.29) is 5.82 Å². The van der Waals surface area contributed by atoms with Gasteiger partial charge in [-0.05, 0) is 49.0 Å². The van der Waals surface area contributed by atoms with Crippen molar-refractivity contribution in [2.45, 2.75) is 0 Å². The van der Waals surface area contributed by atoms with E-state index < -0.39 is 0 Å². The predicted octanol–water partition coefficient (Wildman–Crippen LogP) is 4.30. The third-order valence-corrected chi connectivity index (χ3v) is 6.23. The Morgan fingerprint density at radius 2 is 1.71 bits per heavy atom. The van der Waals surface area contributed by atoms with E-state index in [1.165, 1.54) is 6.07 Å². The Balaban J connectivity index is 1.41.